The molecule has 4 aromatic rings. The van der Waals surface area contributed by atoms with Gasteiger partial charge in [-0.15, -0.1) is 0 Å². The summed E-state index contributed by atoms with van der Waals surface area (Å²) in [5.74, 6) is 4.98. The zero-order valence-electron chi connectivity index (χ0n) is 20.1. The van der Waals surface area contributed by atoms with Gasteiger partial charge in [0, 0.05) is 11.1 Å². The van der Waals surface area contributed by atoms with E-state index in [1.54, 1.807) is 12.1 Å². The number of para-hydroxylation sites is 2. The molecule has 0 aliphatic heterocycles. The van der Waals surface area contributed by atoms with E-state index in [-0.39, 0.29) is 22.6 Å². The lowest BCUT2D eigenvalue weighted by molar-refractivity contribution is 0.296. The summed E-state index contributed by atoms with van der Waals surface area (Å²) in [6.45, 7) is 0. The summed E-state index contributed by atoms with van der Waals surface area (Å²) >= 11 is 0. The highest BCUT2D eigenvalue weighted by molar-refractivity contribution is 7.87. The van der Waals surface area contributed by atoms with E-state index in [4.69, 9.17) is 8.37 Å². The first-order valence-corrected chi connectivity index (χ1v) is 13.9. The Balaban J connectivity index is 1.82. The number of benzene rings is 4. The second-order valence-corrected chi connectivity index (χ2v) is 10.9. The molecule has 0 unspecified atom stereocenters. The largest absolute Gasteiger partial charge is 0.733 e. The van der Waals surface area contributed by atoms with Gasteiger partial charge in [-0.3, -0.25) is 10.4 Å². The molecule has 0 aromatic heterocycles. The van der Waals surface area contributed by atoms with Crippen molar-refractivity contribution >= 4 is 31.6 Å². The fourth-order valence-corrected chi connectivity index (χ4v) is 5.53. The Morgan fingerprint density at radius 2 is 0.925 bits per heavy atom. The van der Waals surface area contributed by atoms with Crippen LogP contribution in [0.15, 0.2) is 107 Å². The van der Waals surface area contributed by atoms with Crippen molar-refractivity contribution in [3.05, 3.63) is 119 Å². The highest BCUT2D eigenvalue weighted by Crippen LogP contribution is 2.28. The smallest absolute Gasteiger partial charge is 0.340 e. The molecule has 0 saturated carbocycles. The van der Waals surface area contributed by atoms with Crippen molar-refractivity contribution < 1.29 is 35.6 Å². The molecule has 40 heavy (non-hydrogen) atoms. The number of anilines is 2. The summed E-state index contributed by atoms with van der Waals surface area (Å²) in [6, 6.07) is 21.0. The summed E-state index contributed by atoms with van der Waals surface area (Å²) < 4.78 is 62.6. The molecule has 0 aliphatic carbocycles. The van der Waals surface area contributed by atoms with Crippen LogP contribution in [0.1, 0.15) is 11.1 Å². The van der Waals surface area contributed by atoms with Crippen LogP contribution in [0, 0.1) is 22.3 Å². The maximum absolute atomic E-state index is 13.1. The number of hydrogen-bond acceptors (Lipinski definition) is 12. The summed E-state index contributed by atoms with van der Waals surface area (Å²) in [5.41, 5.74) is -1.32. The minimum absolute atomic E-state index is 0.0389. The summed E-state index contributed by atoms with van der Waals surface area (Å²) in [6.07, 6.45) is 0. The molecule has 0 radical (unpaired) electrons. The van der Waals surface area contributed by atoms with E-state index in [0.29, 0.717) is 0 Å². The first kappa shape index (κ1) is 28.4. The van der Waals surface area contributed by atoms with Crippen molar-refractivity contribution in [2.75, 3.05) is 10.5 Å². The Morgan fingerprint density at radius 3 is 1.25 bits per heavy atom. The van der Waals surface area contributed by atoms with Gasteiger partial charge in [0.1, 0.15) is 21.3 Å². The molecule has 0 amide bonds. The molecule has 0 bridgehead atoms. The van der Waals surface area contributed by atoms with Gasteiger partial charge in [-0.25, -0.2) is 0 Å². The highest BCUT2D eigenvalue weighted by Gasteiger charge is 2.23. The third-order valence-electron chi connectivity index (χ3n) is 5.14. The molecule has 14 heteroatoms. The van der Waals surface area contributed by atoms with E-state index >= 15 is 0 Å². The van der Waals surface area contributed by atoms with Crippen molar-refractivity contribution in [2.24, 2.45) is 0 Å². The van der Waals surface area contributed by atoms with Crippen LogP contribution in [-0.4, -0.2) is 27.3 Å². The van der Waals surface area contributed by atoms with E-state index in [1.165, 1.54) is 48.5 Å². The Kier molecular flexibility index (Phi) is 8.26. The second kappa shape index (κ2) is 11.6. The fraction of sp³-hybridized carbons (Fsp3) is 0. The summed E-state index contributed by atoms with van der Waals surface area (Å²) in [5, 5.41) is 40.4. The molecule has 4 aromatic carbocycles. The van der Waals surface area contributed by atoms with Crippen LogP contribution in [0.3, 0.4) is 0 Å². The van der Waals surface area contributed by atoms with E-state index in [0.717, 1.165) is 36.4 Å². The fourth-order valence-electron chi connectivity index (χ4n) is 3.31. The zero-order chi connectivity index (χ0) is 28.9. The zero-order valence-corrected chi connectivity index (χ0v) is 21.7. The molecule has 4 rings (SSSR count). The van der Waals surface area contributed by atoms with E-state index < -0.39 is 51.9 Å². The molecule has 12 nitrogen and oxygen atoms in total. The van der Waals surface area contributed by atoms with Gasteiger partial charge in [-0.05, 0) is 60.7 Å². The van der Waals surface area contributed by atoms with Crippen LogP contribution in [0.25, 0.3) is 0 Å². The summed E-state index contributed by atoms with van der Waals surface area (Å²) in [4.78, 5) is -1.20. The van der Waals surface area contributed by atoms with Gasteiger partial charge in [-0.2, -0.15) is 16.8 Å². The maximum atomic E-state index is 13.1. The lowest BCUT2D eigenvalue weighted by Crippen LogP contribution is -2.14. The standard InChI is InChI=1S/C26H18N2O10S2/c29-27(30)21-15-13-19(25(17-21)39(33,34)37-23-7-3-1-4-8-23)11-12-20-14-16-22(28(31)32)18-26(20)40(35,36)38-24-9-5-2-6-10-24/h1-10,13-18,29,31H/q-2. The Bertz CT molecular complexity index is 1650. The number of hydrogen-bond donors (Lipinski definition) is 2. The molecule has 2 N–H and O–H groups in total. The molecular formula is C26H18N2O10S2-2. The minimum Gasteiger partial charge on any atom is -0.733 e. The van der Waals surface area contributed by atoms with Gasteiger partial charge >= 0.3 is 20.2 Å². The van der Waals surface area contributed by atoms with Gasteiger partial charge in [-0.1, -0.05) is 48.2 Å². The Hall–Kier alpha value is -4.62. The van der Waals surface area contributed by atoms with Gasteiger partial charge in [0.2, 0.25) is 0 Å². The predicted octanol–water partition coefficient (Wildman–Crippen LogP) is 4.01. The molecule has 0 aliphatic rings. The lowest BCUT2D eigenvalue weighted by atomic mass is 10.1. The molecular weight excluding hydrogens is 564 g/mol. The average molecular weight is 583 g/mol. The van der Waals surface area contributed by atoms with Crippen LogP contribution in [-0.2, 0) is 20.2 Å². The predicted molar refractivity (Wildman–Crippen MR) is 143 cm³/mol. The summed E-state index contributed by atoms with van der Waals surface area (Å²) in [7, 11) is -9.21. The molecule has 0 spiro atoms. The van der Waals surface area contributed by atoms with Gasteiger partial charge in [0.05, 0.1) is 11.4 Å². The van der Waals surface area contributed by atoms with Crippen LogP contribution in [0.4, 0.5) is 11.4 Å². The molecule has 206 valence electrons. The first-order chi connectivity index (χ1) is 19.0. The van der Waals surface area contributed by atoms with Crippen LogP contribution >= 0.6 is 0 Å². The Morgan fingerprint density at radius 1 is 0.575 bits per heavy atom. The molecule has 0 heterocycles. The van der Waals surface area contributed by atoms with Crippen LogP contribution in [0.2, 0.25) is 0 Å². The minimum atomic E-state index is -4.60. The first-order valence-electron chi connectivity index (χ1n) is 11.1. The van der Waals surface area contributed by atoms with Crippen molar-refractivity contribution in [3.63, 3.8) is 0 Å². The third kappa shape index (κ3) is 6.68. The second-order valence-electron chi connectivity index (χ2n) is 7.86. The molecule has 0 saturated heterocycles. The van der Waals surface area contributed by atoms with Crippen molar-refractivity contribution in [1.82, 2.24) is 0 Å². The maximum Gasteiger partial charge on any atom is 0.340 e. The lowest BCUT2D eigenvalue weighted by Gasteiger charge is -2.22. The number of rotatable bonds is 8. The van der Waals surface area contributed by atoms with E-state index in [1.807, 2.05) is 0 Å². The average Bonchev–Trinajstić information content (AvgIpc) is 2.92. The third-order valence-corrected chi connectivity index (χ3v) is 7.72. The van der Waals surface area contributed by atoms with Crippen LogP contribution in [0.5, 0.6) is 11.5 Å². The van der Waals surface area contributed by atoms with Gasteiger partial charge in [0.25, 0.3) is 0 Å². The molecule has 0 atom stereocenters. The van der Waals surface area contributed by atoms with Crippen molar-refractivity contribution in [2.45, 2.75) is 9.79 Å². The quantitative estimate of drug-likeness (QED) is 0.173. The SMILES string of the molecule is O=S(=O)(Oc1ccccc1)c1cc(N([O-])O)ccc1C#Cc1ccc(N([O-])O)cc1S(=O)(=O)Oc1ccccc1. The van der Waals surface area contributed by atoms with Gasteiger partial charge < -0.3 is 29.2 Å². The highest BCUT2D eigenvalue weighted by atomic mass is 32.2. The molecule has 0 fully saturated rings. The number of nitrogens with zero attached hydrogens (tertiary/aromatic N) is 2. The Labute approximate surface area is 229 Å². The van der Waals surface area contributed by atoms with Crippen molar-refractivity contribution in [1.29, 1.82) is 0 Å². The van der Waals surface area contributed by atoms with Crippen molar-refractivity contribution in [3.8, 4) is 23.3 Å². The van der Waals surface area contributed by atoms with E-state index in [2.05, 4.69) is 11.8 Å². The normalized spacial score (nSPS) is 11.2. The topological polar surface area (TPSA) is 180 Å². The van der Waals surface area contributed by atoms with Gasteiger partial charge in [0.15, 0.2) is 0 Å². The van der Waals surface area contributed by atoms with E-state index in [9.17, 15) is 37.7 Å². The monoisotopic (exact) mass is 582 g/mol. The van der Waals surface area contributed by atoms with Crippen LogP contribution < -0.4 is 18.8 Å².